The third-order valence-electron chi connectivity index (χ3n) is 4.45. The van der Waals surface area contributed by atoms with Gasteiger partial charge in [-0.3, -0.25) is 14.6 Å². The van der Waals surface area contributed by atoms with Gasteiger partial charge in [-0.2, -0.15) is 0 Å². The maximum Gasteiger partial charge on any atom is 0.227 e. The Bertz CT molecular complexity index is 738. The van der Waals surface area contributed by atoms with Crippen molar-refractivity contribution < 1.29 is 18.0 Å². The molecule has 0 radical (unpaired) electrons. The van der Waals surface area contributed by atoms with Crippen LogP contribution in [0.4, 0.5) is 5.69 Å². The average molecular weight is 367 g/mol. The highest BCUT2D eigenvalue weighted by Gasteiger charge is 2.30. The highest BCUT2D eigenvalue weighted by atomic mass is 32.2. The molecule has 1 fully saturated rings. The number of Topliss-reactive ketones (excluding diaryl/α,β-unsaturated/α-hetero) is 1. The van der Waals surface area contributed by atoms with Crippen molar-refractivity contribution >= 4 is 27.4 Å². The van der Waals surface area contributed by atoms with Crippen molar-refractivity contribution in [3.63, 3.8) is 0 Å². The molecule has 8 heteroatoms. The lowest BCUT2D eigenvalue weighted by atomic mass is 9.96. The standard InChI is InChI=1S/C17H25N3O4S/c1-4-25(23,24)20-9-6-13(7-10-20)17(22)19-15-5-8-18-11-14(15)16(21)12(2)3/h5,8,11-13H,4,6-7,9-10H2,1-3H3,(H,18,19,22). The Labute approximate surface area is 148 Å². The van der Waals surface area contributed by atoms with E-state index in [1.165, 1.54) is 16.7 Å². The summed E-state index contributed by atoms with van der Waals surface area (Å²) < 4.78 is 25.2. The second-order valence-electron chi connectivity index (χ2n) is 6.50. The minimum absolute atomic E-state index is 0.0710. The van der Waals surface area contributed by atoms with Crippen LogP contribution in [0.15, 0.2) is 18.5 Å². The number of pyridine rings is 1. The first kappa shape index (κ1) is 19.5. The monoisotopic (exact) mass is 367 g/mol. The van der Waals surface area contributed by atoms with Gasteiger partial charge in [-0.1, -0.05) is 13.8 Å². The fourth-order valence-corrected chi connectivity index (χ4v) is 3.96. The molecule has 1 amide bonds. The zero-order valence-corrected chi connectivity index (χ0v) is 15.7. The van der Waals surface area contributed by atoms with E-state index in [2.05, 4.69) is 10.3 Å². The molecule has 1 aromatic rings. The van der Waals surface area contributed by atoms with Gasteiger partial charge in [-0.05, 0) is 25.8 Å². The van der Waals surface area contributed by atoms with Crippen LogP contribution in [0.3, 0.4) is 0 Å². The number of aromatic nitrogens is 1. The van der Waals surface area contributed by atoms with Crippen molar-refractivity contribution in [1.29, 1.82) is 0 Å². The molecule has 25 heavy (non-hydrogen) atoms. The highest BCUT2D eigenvalue weighted by Crippen LogP contribution is 2.23. The summed E-state index contributed by atoms with van der Waals surface area (Å²) in [6.45, 7) is 5.91. The predicted molar refractivity (Wildman–Crippen MR) is 95.8 cm³/mol. The van der Waals surface area contributed by atoms with E-state index >= 15 is 0 Å². The maximum atomic E-state index is 12.5. The van der Waals surface area contributed by atoms with Gasteiger partial charge in [0.05, 0.1) is 17.0 Å². The summed E-state index contributed by atoms with van der Waals surface area (Å²) in [6, 6.07) is 1.62. The maximum absolute atomic E-state index is 12.5. The molecular weight excluding hydrogens is 342 g/mol. The third kappa shape index (κ3) is 4.64. The molecule has 0 saturated carbocycles. The first-order chi connectivity index (χ1) is 11.8. The fourth-order valence-electron chi connectivity index (χ4n) is 2.82. The van der Waals surface area contributed by atoms with Crippen molar-refractivity contribution in [3.05, 3.63) is 24.0 Å². The number of hydrogen-bond acceptors (Lipinski definition) is 5. The first-order valence-corrected chi connectivity index (χ1v) is 10.1. The van der Waals surface area contributed by atoms with E-state index in [1.54, 1.807) is 26.8 Å². The molecule has 1 aliphatic rings. The smallest absolute Gasteiger partial charge is 0.227 e. The second kappa shape index (κ2) is 8.05. The Morgan fingerprint density at radius 3 is 2.52 bits per heavy atom. The molecule has 0 unspecified atom stereocenters. The molecule has 0 aliphatic carbocycles. The Morgan fingerprint density at radius 2 is 1.96 bits per heavy atom. The summed E-state index contributed by atoms with van der Waals surface area (Å²) in [5, 5.41) is 2.82. The van der Waals surface area contributed by atoms with Crippen LogP contribution in [-0.2, 0) is 14.8 Å². The molecule has 1 aromatic heterocycles. The van der Waals surface area contributed by atoms with Gasteiger partial charge < -0.3 is 5.32 Å². The summed E-state index contributed by atoms with van der Waals surface area (Å²) in [6.07, 6.45) is 3.95. The third-order valence-corrected chi connectivity index (χ3v) is 6.33. The van der Waals surface area contributed by atoms with Crippen LogP contribution in [0.5, 0.6) is 0 Å². The molecular formula is C17H25N3O4S. The zero-order chi connectivity index (χ0) is 18.6. The number of carbonyl (C=O) groups is 2. The Hall–Kier alpha value is -1.80. The molecule has 0 spiro atoms. The molecule has 2 heterocycles. The molecule has 0 bridgehead atoms. The van der Waals surface area contributed by atoms with Gasteiger partial charge >= 0.3 is 0 Å². The molecule has 1 saturated heterocycles. The number of rotatable bonds is 6. The van der Waals surface area contributed by atoms with Crippen molar-refractivity contribution in [3.8, 4) is 0 Å². The number of ketones is 1. The molecule has 1 N–H and O–H groups in total. The lowest BCUT2D eigenvalue weighted by Gasteiger charge is -2.30. The number of amides is 1. The van der Waals surface area contributed by atoms with Gasteiger partial charge in [0.15, 0.2) is 5.78 Å². The van der Waals surface area contributed by atoms with Crippen LogP contribution in [-0.4, -0.2) is 48.2 Å². The Morgan fingerprint density at radius 1 is 1.32 bits per heavy atom. The van der Waals surface area contributed by atoms with Crippen LogP contribution >= 0.6 is 0 Å². The lowest BCUT2D eigenvalue weighted by Crippen LogP contribution is -2.42. The summed E-state index contributed by atoms with van der Waals surface area (Å²) in [4.78, 5) is 28.7. The minimum Gasteiger partial charge on any atom is -0.325 e. The normalized spacial score (nSPS) is 16.8. The van der Waals surface area contributed by atoms with E-state index in [-0.39, 0.29) is 29.3 Å². The van der Waals surface area contributed by atoms with Crippen LogP contribution in [0.1, 0.15) is 44.0 Å². The number of anilines is 1. The van der Waals surface area contributed by atoms with Gasteiger partial charge in [0.1, 0.15) is 0 Å². The SMILES string of the molecule is CCS(=O)(=O)N1CCC(C(=O)Nc2ccncc2C(=O)C(C)C)CC1. The fraction of sp³-hybridized carbons (Fsp3) is 0.588. The Balaban J connectivity index is 2.04. The summed E-state index contributed by atoms with van der Waals surface area (Å²) in [5.41, 5.74) is 0.860. The highest BCUT2D eigenvalue weighted by molar-refractivity contribution is 7.89. The van der Waals surface area contributed by atoms with Crippen LogP contribution in [0, 0.1) is 11.8 Å². The number of nitrogens with zero attached hydrogens (tertiary/aromatic N) is 2. The number of sulfonamides is 1. The van der Waals surface area contributed by atoms with Gasteiger partial charge in [0.25, 0.3) is 0 Å². The van der Waals surface area contributed by atoms with Crippen LogP contribution in [0.2, 0.25) is 0 Å². The van der Waals surface area contributed by atoms with Gasteiger partial charge in [0.2, 0.25) is 15.9 Å². The van der Waals surface area contributed by atoms with Crippen molar-refractivity contribution in [2.45, 2.75) is 33.6 Å². The Kier molecular flexibility index (Phi) is 6.29. The number of hydrogen-bond donors (Lipinski definition) is 1. The first-order valence-electron chi connectivity index (χ1n) is 8.53. The summed E-state index contributed by atoms with van der Waals surface area (Å²) >= 11 is 0. The average Bonchev–Trinajstić information content (AvgIpc) is 2.61. The van der Waals surface area contributed by atoms with E-state index in [4.69, 9.17) is 0 Å². The number of piperidine rings is 1. The second-order valence-corrected chi connectivity index (χ2v) is 8.76. The molecule has 0 atom stereocenters. The van der Waals surface area contributed by atoms with Gasteiger partial charge in [-0.25, -0.2) is 12.7 Å². The number of carbonyl (C=O) groups excluding carboxylic acids is 2. The van der Waals surface area contributed by atoms with E-state index in [0.717, 1.165) is 0 Å². The van der Waals surface area contributed by atoms with Crippen molar-refractivity contribution in [1.82, 2.24) is 9.29 Å². The molecule has 1 aliphatic heterocycles. The lowest BCUT2D eigenvalue weighted by molar-refractivity contribution is -0.120. The van der Waals surface area contributed by atoms with Crippen LogP contribution in [0.25, 0.3) is 0 Å². The van der Waals surface area contributed by atoms with Gasteiger partial charge in [-0.15, -0.1) is 0 Å². The minimum atomic E-state index is -3.21. The predicted octanol–water partition coefficient (Wildman–Crippen LogP) is 1.92. The molecule has 2 rings (SSSR count). The number of nitrogens with one attached hydrogen (secondary N) is 1. The van der Waals surface area contributed by atoms with Crippen molar-refractivity contribution in [2.24, 2.45) is 11.8 Å². The van der Waals surface area contributed by atoms with E-state index < -0.39 is 10.0 Å². The van der Waals surface area contributed by atoms with Crippen molar-refractivity contribution in [2.75, 3.05) is 24.2 Å². The largest absolute Gasteiger partial charge is 0.325 e. The van der Waals surface area contributed by atoms with E-state index in [9.17, 15) is 18.0 Å². The molecule has 0 aromatic carbocycles. The topological polar surface area (TPSA) is 96.4 Å². The summed E-state index contributed by atoms with van der Waals surface area (Å²) in [7, 11) is -3.21. The van der Waals surface area contributed by atoms with E-state index in [0.29, 0.717) is 37.2 Å². The molecule has 7 nitrogen and oxygen atoms in total. The zero-order valence-electron chi connectivity index (χ0n) is 14.9. The quantitative estimate of drug-likeness (QED) is 0.775. The van der Waals surface area contributed by atoms with Crippen LogP contribution < -0.4 is 5.32 Å². The van der Waals surface area contributed by atoms with E-state index in [1.807, 2.05) is 0 Å². The molecule has 138 valence electrons. The van der Waals surface area contributed by atoms with Gasteiger partial charge in [0, 0.05) is 37.3 Å². The summed E-state index contributed by atoms with van der Waals surface area (Å²) in [5.74, 6) is -0.646.